The number of sulfone groups is 1. The molecule has 0 aromatic heterocycles. The van der Waals surface area contributed by atoms with Gasteiger partial charge < -0.3 is 9.47 Å². The molecule has 6 nitrogen and oxygen atoms in total. The van der Waals surface area contributed by atoms with Gasteiger partial charge >= 0.3 is 11.9 Å². The maximum Gasteiger partial charge on any atom is 0.336 e. The largest absolute Gasteiger partial charge is 0.423 e. The van der Waals surface area contributed by atoms with Gasteiger partial charge in [-0.2, -0.15) is 0 Å². The van der Waals surface area contributed by atoms with E-state index in [2.05, 4.69) is 0 Å². The second-order valence-electron chi connectivity index (χ2n) is 7.78. The fraction of sp³-hybridized carbons (Fsp3) is 0. The third kappa shape index (κ3) is 7.13. The number of benzene rings is 4. The van der Waals surface area contributed by atoms with Crippen molar-refractivity contribution in [3.63, 3.8) is 0 Å². The predicted octanol–water partition coefficient (Wildman–Crippen LogP) is 5.76. The van der Waals surface area contributed by atoms with E-state index in [1.54, 1.807) is 12.2 Å². The summed E-state index contributed by atoms with van der Waals surface area (Å²) in [6.07, 6.45) is 5.85. The molecular weight excluding hydrogens is 488 g/mol. The molecule has 0 aliphatic carbocycles. The van der Waals surface area contributed by atoms with Crippen molar-refractivity contribution in [1.82, 2.24) is 0 Å². The lowest BCUT2D eigenvalue weighted by atomic mass is 10.2. The van der Waals surface area contributed by atoms with Crippen LogP contribution in [0.3, 0.4) is 0 Å². The molecule has 0 aliphatic heterocycles. The average molecular weight is 511 g/mol. The van der Waals surface area contributed by atoms with Crippen LogP contribution in [-0.4, -0.2) is 20.4 Å². The molecule has 0 amide bonds. The van der Waals surface area contributed by atoms with Gasteiger partial charge in [0, 0.05) is 12.2 Å². The molecular formula is C30H22O6S. The van der Waals surface area contributed by atoms with Crippen molar-refractivity contribution < 1.29 is 27.5 Å². The summed E-state index contributed by atoms with van der Waals surface area (Å²) in [5.74, 6) is -0.730. The summed E-state index contributed by atoms with van der Waals surface area (Å²) < 4.78 is 36.4. The molecule has 0 saturated carbocycles. The smallest absolute Gasteiger partial charge is 0.336 e. The molecule has 7 heteroatoms. The summed E-state index contributed by atoms with van der Waals surface area (Å²) in [5, 5.41) is 0. The van der Waals surface area contributed by atoms with Gasteiger partial charge in [-0.25, -0.2) is 18.0 Å². The van der Waals surface area contributed by atoms with Crippen LogP contribution in [0.15, 0.2) is 131 Å². The van der Waals surface area contributed by atoms with Crippen molar-refractivity contribution >= 4 is 33.9 Å². The molecule has 0 aliphatic rings. The Morgan fingerprint density at radius 2 is 0.865 bits per heavy atom. The van der Waals surface area contributed by atoms with E-state index in [4.69, 9.17) is 9.47 Å². The summed E-state index contributed by atoms with van der Waals surface area (Å²) >= 11 is 0. The van der Waals surface area contributed by atoms with E-state index in [1.165, 1.54) is 60.7 Å². The van der Waals surface area contributed by atoms with Crippen molar-refractivity contribution in [1.29, 1.82) is 0 Å². The number of carbonyl (C=O) groups excluding carboxylic acids is 2. The average Bonchev–Trinajstić information content (AvgIpc) is 2.92. The van der Waals surface area contributed by atoms with Gasteiger partial charge in [-0.1, -0.05) is 60.7 Å². The van der Waals surface area contributed by atoms with Crippen LogP contribution >= 0.6 is 0 Å². The highest BCUT2D eigenvalue weighted by molar-refractivity contribution is 7.91. The molecule has 0 heterocycles. The van der Waals surface area contributed by atoms with E-state index in [9.17, 15) is 18.0 Å². The zero-order valence-electron chi connectivity index (χ0n) is 19.6. The van der Waals surface area contributed by atoms with Gasteiger partial charge in [0.25, 0.3) is 0 Å². The Balaban J connectivity index is 1.37. The summed E-state index contributed by atoms with van der Waals surface area (Å²) in [6.45, 7) is 0. The van der Waals surface area contributed by atoms with Crippen molar-refractivity contribution in [2.75, 3.05) is 0 Å². The summed E-state index contributed by atoms with van der Waals surface area (Å²) in [5.41, 5.74) is 1.70. The number of ether oxygens (including phenoxy) is 2. The molecule has 0 atom stereocenters. The van der Waals surface area contributed by atoms with Crippen LogP contribution in [0.4, 0.5) is 0 Å². The Hall–Kier alpha value is -4.75. The van der Waals surface area contributed by atoms with Crippen LogP contribution in [0.5, 0.6) is 11.5 Å². The SMILES string of the molecule is O=C(C=Cc1ccccc1)Oc1ccc(S(=O)(=O)c2ccc(OC(=O)C=Cc3ccccc3)cc2)cc1. The maximum absolute atomic E-state index is 13.0. The van der Waals surface area contributed by atoms with Gasteiger partial charge in [0.2, 0.25) is 9.84 Å². The molecule has 37 heavy (non-hydrogen) atoms. The van der Waals surface area contributed by atoms with Crippen LogP contribution in [0.1, 0.15) is 11.1 Å². The number of carbonyl (C=O) groups is 2. The number of hydrogen-bond donors (Lipinski definition) is 0. The summed E-state index contributed by atoms with van der Waals surface area (Å²) in [4.78, 5) is 24.1. The van der Waals surface area contributed by atoms with Crippen LogP contribution in [0, 0.1) is 0 Å². The molecule has 4 aromatic rings. The molecule has 4 aromatic carbocycles. The highest BCUT2D eigenvalue weighted by atomic mass is 32.2. The second kappa shape index (κ2) is 11.8. The predicted molar refractivity (Wildman–Crippen MR) is 141 cm³/mol. The third-order valence-corrected chi connectivity index (χ3v) is 6.91. The molecule has 0 unspecified atom stereocenters. The van der Waals surface area contributed by atoms with Gasteiger partial charge in [-0.15, -0.1) is 0 Å². The summed E-state index contributed by atoms with van der Waals surface area (Å²) in [6, 6.07) is 29.7. The fourth-order valence-corrected chi connectivity index (χ4v) is 4.53. The van der Waals surface area contributed by atoms with Crippen LogP contribution < -0.4 is 9.47 Å². The molecule has 0 bridgehead atoms. The van der Waals surface area contributed by atoms with E-state index in [-0.39, 0.29) is 21.3 Å². The Morgan fingerprint density at radius 3 is 1.22 bits per heavy atom. The van der Waals surface area contributed by atoms with Crippen LogP contribution in [0.2, 0.25) is 0 Å². The fourth-order valence-electron chi connectivity index (χ4n) is 3.27. The van der Waals surface area contributed by atoms with E-state index >= 15 is 0 Å². The van der Waals surface area contributed by atoms with E-state index < -0.39 is 21.8 Å². The van der Waals surface area contributed by atoms with Gasteiger partial charge in [0.05, 0.1) is 9.79 Å². The lowest BCUT2D eigenvalue weighted by molar-refractivity contribution is -0.129. The lowest BCUT2D eigenvalue weighted by Gasteiger charge is -2.07. The van der Waals surface area contributed by atoms with E-state index in [0.717, 1.165) is 11.1 Å². The normalized spacial score (nSPS) is 11.5. The monoisotopic (exact) mass is 510 g/mol. The molecule has 0 radical (unpaired) electrons. The highest BCUT2D eigenvalue weighted by Gasteiger charge is 2.18. The summed E-state index contributed by atoms with van der Waals surface area (Å²) in [7, 11) is -3.83. The zero-order valence-corrected chi connectivity index (χ0v) is 20.4. The molecule has 0 fully saturated rings. The standard InChI is InChI=1S/C30H22O6S/c31-29(21-11-23-7-3-1-4-8-23)35-25-13-17-27(18-14-25)37(33,34)28-19-15-26(16-20-28)36-30(32)22-12-24-9-5-2-6-10-24/h1-22H. The minimum absolute atomic E-state index is 0.0302. The van der Waals surface area contributed by atoms with Crippen LogP contribution in [-0.2, 0) is 19.4 Å². The maximum atomic E-state index is 13.0. The second-order valence-corrected chi connectivity index (χ2v) is 9.73. The number of hydrogen-bond acceptors (Lipinski definition) is 6. The Labute approximate surface area is 215 Å². The number of esters is 2. The van der Waals surface area contributed by atoms with Gasteiger partial charge in [0.15, 0.2) is 0 Å². The Bertz CT molecular complexity index is 1410. The first-order chi connectivity index (χ1) is 17.9. The first-order valence-electron chi connectivity index (χ1n) is 11.3. The van der Waals surface area contributed by atoms with Crippen molar-refractivity contribution in [3.8, 4) is 11.5 Å². The lowest BCUT2D eigenvalue weighted by Crippen LogP contribution is -2.06. The van der Waals surface area contributed by atoms with Crippen molar-refractivity contribution in [3.05, 3.63) is 132 Å². The minimum Gasteiger partial charge on any atom is -0.423 e. The van der Waals surface area contributed by atoms with Crippen LogP contribution in [0.25, 0.3) is 12.2 Å². The third-order valence-electron chi connectivity index (χ3n) is 5.13. The van der Waals surface area contributed by atoms with E-state index in [1.807, 2.05) is 60.7 Å². The Kier molecular flexibility index (Phi) is 8.08. The van der Waals surface area contributed by atoms with Gasteiger partial charge in [0.1, 0.15) is 11.5 Å². The quantitative estimate of drug-likeness (QED) is 0.170. The highest BCUT2D eigenvalue weighted by Crippen LogP contribution is 2.25. The number of rotatable bonds is 8. The topological polar surface area (TPSA) is 86.7 Å². The molecule has 184 valence electrons. The first kappa shape index (κ1) is 25.3. The first-order valence-corrected chi connectivity index (χ1v) is 12.7. The zero-order chi connectivity index (χ0) is 26.1. The van der Waals surface area contributed by atoms with Gasteiger partial charge in [-0.3, -0.25) is 0 Å². The van der Waals surface area contributed by atoms with Crippen molar-refractivity contribution in [2.45, 2.75) is 9.79 Å². The molecule has 4 rings (SSSR count). The minimum atomic E-state index is -3.83. The van der Waals surface area contributed by atoms with Gasteiger partial charge in [-0.05, 0) is 71.8 Å². The molecule has 0 saturated heterocycles. The van der Waals surface area contributed by atoms with E-state index in [0.29, 0.717) is 0 Å². The molecule has 0 N–H and O–H groups in total. The molecule has 0 spiro atoms. The van der Waals surface area contributed by atoms with Crippen molar-refractivity contribution in [2.24, 2.45) is 0 Å². The Morgan fingerprint density at radius 1 is 0.514 bits per heavy atom.